The van der Waals surface area contributed by atoms with Crippen molar-refractivity contribution in [2.24, 2.45) is 5.73 Å². The highest BCUT2D eigenvalue weighted by molar-refractivity contribution is 7.98. The summed E-state index contributed by atoms with van der Waals surface area (Å²) in [6.45, 7) is 5.28. The van der Waals surface area contributed by atoms with Gasteiger partial charge in [0.15, 0.2) is 0 Å². The summed E-state index contributed by atoms with van der Waals surface area (Å²) in [6, 6.07) is -0.402. The van der Waals surface area contributed by atoms with Gasteiger partial charge in [-0.25, -0.2) is 0 Å². The summed E-state index contributed by atoms with van der Waals surface area (Å²) in [5.74, 6) is 0.811. The molecule has 0 saturated carbocycles. The van der Waals surface area contributed by atoms with Crippen LogP contribution in [0.3, 0.4) is 0 Å². The highest BCUT2D eigenvalue weighted by atomic mass is 32.2. The average molecular weight is 246 g/mol. The van der Waals surface area contributed by atoms with E-state index >= 15 is 0 Å². The maximum Gasteiger partial charge on any atom is 0.237 e. The van der Waals surface area contributed by atoms with E-state index in [0.717, 1.165) is 12.2 Å². The number of nitrogens with one attached hydrogen (secondary N) is 1. The van der Waals surface area contributed by atoms with Crippen molar-refractivity contribution in [2.45, 2.75) is 18.9 Å². The van der Waals surface area contributed by atoms with Gasteiger partial charge in [-0.15, -0.1) is 6.58 Å². The predicted molar refractivity (Wildman–Crippen MR) is 69.6 cm³/mol. The van der Waals surface area contributed by atoms with Gasteiger partial charge in [0.25, 0.3) is 0 Å². The van der Waals surface area contributed by atoms with Crippen LogP contribution in [0.25, 0.3) is 0 Å². The van der Waals surface area contributed by atoms with E-state index in [1.54, 1.807) is 17.8 Å². The minimum Gasteiger partial charge on any atom is -0.379 e. The quantitative estimate of drug-likeness (QED) is 0.441. The summed E-state index contributed by atoms with van der Waals surface area (Å²) >= 11 is 1.69. The van der Waals surface area contributed by atoms with Crippen LogP contribution in [0.2, 0.25) is 0 Å². The molecule has 1 amide bonds. The number of ether oxygens (including phenoxy) is 1. The Morgan fingerprint density at radius 3 is 3.00 bits per heavy atom. The molecule has 1 atom stereocenters. The van der Waals surface area contributed by atoms with Gasteiger partial charge in [0, 0.05) is 6.54 Å². The molecule has 4 nitrogen and oxygen atoms in total. The van der Waals surface area contributed by atoms with Crippen LogP contribution in [0, 0.1) is 0 Å². The van der Waals surface area contributed by atoms with Crippen molar-refractivity contribution in [1.82, 2.24) is 5.32 Å². The van der Waals surface area contributed by atoms with E-state index in [0.29, 0.717) is 26.2 Å². The molecule has 3 N–H and O–H groups in total. The molecule has 0 heterocycles. The summed E-state index contributed by atoms with van der Waals surface area (Å²) in [6.07, 6.45) is 5.35. The zero-order chi connectivity index (χ0) is 12.2. The molecule has 0 aliphatic rings. The number of carbonyl (C=O) groups is 1. The van der Waals surface area contributed by atoms with Gasteiger partial charge < -0.3 is 15.8 Å². The van der Waals surface area contributed by atoms with E-state index in [-0.39, 0.29) is 5.91 Å². The van der Waals surface area contributed by atoms with Gasteiger partial charge in [-0.2, -0.15) is 11.8 Å². The molecule has 16 heavy (non-hydrogen) atoms. The van der Waals surface area contributed by atoms with Crippen LogP contribution in [0.5, 0.6) is 0 Å². The first-order valence-corrected chi connectivity index (χ1v) is 6.82. The van der Waals surface area contributed by atoms with Crippen LogP contribution in [0.15, 0.2) is 12.7 Å². The van der Waals surface area contributed by atoms with Crippen molar-refractivity contribution >= 4 is 17.7 Å². The molecule has 5 heteroatoms. The van der Waals surface area contributed by atoms with E-state index < -0.39 is 6.04 Å². The fourth-order valence-electron chi connectivity index (χ4n) is 1.02. The average Bonchev–Trinajstić information content (AvgIpc) is 2.30. The molecule has 0 aliphatic heterocycles. The summed E-state index contributed by atoms with van der Waals surface area (Å²) in [5, 5.41) is 2.74. The highest BCUT2D eigenvalue weighted by Crippen LogP contribution is 1.98. The van der Waals surface area contributed by atoms with Gasteiger partial charge >= 0.3 is 0 Å². The zero-order valence-corrected chi connectivity index (χ0v) is 10.7. The lowest BCUT2D eigenvalue weighted by molar-refractivity contribution is -0.122. The third-order valence-corrected chi connectivity index (χ3v) is 2.63. The molecule has 0 spiro atoms. The molecule has 0 aliphatic carbocycles. The van der Waals surface area contributed by atoms with Crippen molar-refractivity contribution in [3.05, 3.63) is 12.7 Å². The third kappa shape index (κ3) is 8.76. The molecule has 0 fully saturated rings. The summed E-state index contributed by atoms with van der Waals surface area (Å²) < 4.78 is 5.25. The lowest BCUT2D eigenvalue weighted by Gasteiger charge is -2.11. The lowest BCUT2D eigenvalue weighted by Crippen LogP contribution is -2.42. The van der Waals surface area contributed by atoms with Crippen molar-refractivity contribution < 1.29 is 9.53 Å². The van der Waals surface area contributed by atoms with Gasteiger partial charge in [0.2, 0.25) is 5.91 Å². The Morgan fingerprint density at radius 2 is 2.38 bits per heavy atom. The lowest BCUT2D eigenvalue weighted by atomic mass is 10.2. The summed E-state index contributed by atoms with van der Waals surface area (Å²) in [4.78, 5) is 11.4. The Kier molecular flexibility index (Phi) is 10.6. The Bertz CT molecular complexity index is 200. The van der Waals surface area contributed by atoms with E-state index in [4.69, 9.17) is 10.5 Å². The smallest absolute Gasteiger partial charge is 0.237 e. The molecule has 0 radical (unpaired) electrons. The van der Waals surface area contributed by atoms with Crippen LogP contribution in [0.4, 0.5) is 0 Å². The number of thioether (sulfide) groups is 1. The first kappa shape index (κ1) is 15.5. The molecule has 0 rings (SSSR count). The number of hydrogen-bond donors (Lipinski definition) is 2. The van der Waals surface area contributed by atoms with Crippen LogP contribution in [-0.2, 0) is 9.53 Å². The monoisotopic (exact) mass is 246 g/mol. The Morgan fingerprint density at radius 1 is 1.62 bits per heavy atom. The van der Waals surface area contributed by atoms with Crippen molar-refractivity contribution in [3.8, 4) is 0 Å². The summed E-state index contributed by atoms with van der Waals surface area (Å²) in [7, 11) is 0. The van der Waals surface area contributed by atoms with E-state index in [2.05, 4.69) is 11.9 Å². The maximum atomic E-state index is 11.4. The first-order valence-electron chi connectivity index (χ1n) is 5.43. The molecule has 0 aromatic heterocycles. The van der Waals surface area contributed by atoms with E-state index in [9.17, 15) is 4.79 Å². The molecule has 1 unspecified atom stereocenters. The maximum absolute atomic E-state index is 11.4. The second kappa shape index (κ2) is 11.0. The van der Waals surface area contributed by atoms with Gasteiger partial charge in [-0.05, 0) is 24.9 Å². The second-order valence-electron chi connectivity index (χ2n) is 3.37. The van der Waals surface area contributed by atoms with Gasteiger partial charge in [-0.1, -0.05) is 6.08 Å². The molecular formula is C11H22N2O2S. The zero-order valence-electron chi connectivity index (χ0n) is 9.91. The number of nitrogens with two attached hydrogens (primary N) is 1. The predicted octanol–water partition coefficient (Wildman–Crippen LogP) is 0.776. The van der Waals surface area contributed by atoms with Crippen LogP contribution in [-0.4, -0.2) is 43.7 Å². The first-order chi connectivity index (χ1) is 7.72. The number of carbonyl (C=O) groups excluding carboxylic acids is 1. The van der Waals surface area contributed by atoms with Crippen molar-refractivity contribution in [2.75, 3.05) is 31.8 Å². The Hall–Kier alpha value is -0.520. The fraction of sp³-hybridized carbons (Fsp3) is 0.727. The number of rotatable bonds is 10. The minimum atomic E-state index is -0.402. The number of hydrogen-bond acceptors (Lipinski definition) is 4. The molecular weight excluding hydrogens is 224 g/mol. The Labute approximate surface area is 102 Å². The third-order valence-electron chi connectivity index (χ3n) is 1.98. The van der Waals surface area contributed by atoms with E-state index in [1.807, 2.05) is 6.26 Å². The topological polar surface area (TPSA) is 64.3 Å². The van der Waals surface area contributed by atoms with Gasteiger partial charge in [-0.3, -0.25) is 4.79 Å². The molecule has 0 bridgehead atoms. The van der Waals surface area contributed by atoms with Crippen LogP contribution < -0.4 is 11.1 Å². The minimum absolute atomic E-state index is 0.0960. The highest BCUT2D eigenvalue weighted by Gasteiger charge is 2.11. The van der Waals surface area contributed by atoms with Crippen molar-refractivity contribution in [1.29, 1.82) is 0 Å². The van der Waals surface area contributed by atoms with Gasteiger partial charge in [0.1, 0.15) is 0 Å². The number of amides is 1. The second-order valence-corrected chi connectivity index (χ2v) is 4.35. The summed E-state index contributed by atoms with van der Waals surface area (Å²) in [5.41, 5.74) is 5.69. The fourth-order valence-corrected chi connectivity index (χ4v) is 1.51. The van der Waals surface area contributed by atoms with Crippen molar-refractivity contribution in [3.63, 3.8) is 0 Å². The Balaban J connectivity index is 3.38. The normalized spacial score (nSPS) is 12.1. The molecule has 0 aromatic carbocycles. The molecule has 94 valence electrons. The molecule has 0 aromatic rings. The SMILES string of the molecule is C=CCCOCCNC(=O)C(N)CCSC. The van der Waals surface area contributed by atoms with Gasteiger partial charge in [0.05, 0.1) is 19.3 Å². The van der Waals surface area contributed by atoms with Crippen LogP contribution in [0.1, 0.15) is 12.8 Å². The molecule has 0 saturated heterocycles. The largest absolute Gasteiger partial charge is 0.379 e. The van der Waals surface area contributed by atoms with Crippen LogP contribution >= 0.6 is 11.8 Å². The van der Waals surface area contributed by atoms with E-state index in [1.165, 1.54) is 0 Å². The standard InChI is InChI=1S/C11H22N2O2S/c1-3-4-7-15-8-6-13-11(14)10(12)5-9-16-2/h3,10H,1,4-9,12H2,2H3,(H,13,14).